The SMILES string of the molecule is CC(CO)CS(=O)(=O)Cc1cc(Cl)ccc1Cl. The van der Waals surface area contributed by atoms with Gasteiger partial charge < -0.3 is 5.11 Å². The smallest absolute Gasteiger partial charge is 0.154 e. The van der Waals surface area contributed by atoms with Gasteiger partial charge in [0.15, 0.2) is 9.84 Å². The number of sulfone groups is 1. The lowest BCUT2D eigenvalue weighted by Crippen LogP contribution is -2.18. The molecule has 0 aliphatic heterocycles. The summed E-state index contributed by atoms with van der Waals surface area (Å²) >= 11 is 11.7. The van der Waals surface area contributed by atoms with Crippen molar-refractivity contribution in [1.29, 1.82) is 0 Å². The maximum Gasteiger partial charge on any atom is 0.154 e. The maximum atomic E-state index is 11.8. The van der Waals surface area contributed by atoms with Gasteiger partial charge >= 0.3 is 0 Å². The third-order valence-corrected chi connectivity index (χ3v) is 4.66. The summed E-state index contributed by atoms with van der Waals surface area (Å²) in [5.41, 5.74) is 0.490. The average molecular weight is 297 g/mol. The van der Waals surface area contributed by atoms with E-state index < -0.39 is 9.84 Å². The molecular weight excluding hydrogens is 283 g/mol. The Morgan fingerprint density at radius 3 is 2.59 bits per heavy atom. The number of hydrogen-bond donors (Lipinski definition) is 1. The van der Waals surface area contributed by atoms with E-state index in [1.807, 2.05) is 0 Å². The van der Waals surface area contributed by atoms with E-state index in [0.29, 0.717) is 15.6 Å². The number of benzene rings is 1. The Bertz CT molecular complexity index is 485. The summed E-state index contributed by atoms with van der Waals surface area (Å²) in [5, 5.41) is 9.69. The van der Waals surface area contributed by atoms with Crippen LogP contribution in [0, 0.1) is 5.92 Å². The van der Waals surface area contributed by atoms with Crippen LogP contribution in [0.3, 0.4) is 0 Å². The molecule has 96 valence electrons. The van der Waals surface area contributed by atoms with Crippen LogP contribution in [-0.2, 0) is 15.6 Å². The van der Waals surface area contributed by atoms with Crippen LogP contribution in [0.25, 0.3) is 0 Å². The van der Waals surface area contributed by atoms with Gasteiger partial charge in [0.25, 0.3) is 0 Å². The zero-order valence-corrected chi connectivity index (χ0v) is 11.7. The van der Waals surface area contributed by atoms with Crippen LogP contribution in [0.5, 0.6) is 0 Å². The van der Waals surface area contributed by atoms with E-state index in [0.717, 1.165) is 0 Å². The molecule has 0 spiro atoms. The molecule has 1 aromatic carbocycles. The van der Waals surface area contributed by atoms with Crippen molar-refractivity contribution in [1.82, 2.24) is 0 Å². The number of hydrogen-bond acceptors (Lipinski definition) is 3. The standard InChI is InChI=1S/C11H14Cl2O3S/c1-8(5-14)6-17(15,16)7-9-4-10(12)2-3-11(9)13/h2-4,8,14H,5-7H2,1H3. The second-order valence-electron chi connectivity index (χ2n) is 4.08. The van der Waals surface area contributed by atoms with E-state index in [-0.39, 0.29) is 24.0 Å². The normalized spacial score (nSPS) is 13.6. The van der Waals surface area contributed by atoms with Gasteiger partial charge in [0.1, 0.15) is 0 Å². The number of aliphatic hydroxyl groups is 1. The molecule has 0 bridgehead atoms. The van der Waals surface area contributed by atoms with Crippen LogP contribution in [0.4, 0.5) is 0 Å². The van der Waals surface area contributed by atoms with Crippen molar-refractivity contribution in [2.45, 2.75) is 12.7 Å². The minimum absolute atomic E-state index is 0.0632. The highest BCUT2D eigenvalue weighted by Gasteiger charge is 2.17. The molecule has 6 heteroatoms. The summed E-state index contributed by atoms with van der Waals surface area (Å²) in [6.45, 7) is 1.53. The third kappa shape index (κ3) is 4.84. The molecule has 0 aromatic heterocycles. The van der Waals surface area contributed by atoms with Gasteiger partial charge in [0.2, 0.25) is 0 Å². The van der Waals surface area contributed by atoms with E-state index in [1.54, 1.807) is 25.1 Å². The summed E-state index contributed by atoms with van der Waals surface area (Å²) in [7, 11) is -3.29. The fourth-order valence-electron chi connectivity index (χ4n) is 1.44. The molecule has 0 fully saturated rings. The maximum absolute atomic E-state index is 11.8. The molecule has 1 atom stereocenters. The Labute approximate surface area is 111 Å². The largest absolute Gasteiger partial charge is 0.396 e. The van der Waals surface area contributed by atoms with E-state index in [4.69, 9.17) is 28.3 Å². The van der Waals surface area contributed by atoms with E-state index in [2.05, 4.69) is 0 Å². The topological polar surface area (TPSA) is 54.4 Å². The van der Waals surface area contributed by atoms with E-state index in [9.17, 15) is 8.42 Å². The van der Waals surface area contributed by atoms with Crippen molar-refractivity contribution in [2.75, 3.05) is 12.4 Å². The van der Waals surface area contributed by atoms with Gasteiger partial charge in [0, 0.05) is 16.7 Å². The molecule has 0 saturated carbocycles. The number of aliphatic hydroxyl groups excluding tert-OH is 1. The first-order chi connectivity index (χ1) is 7.84. The lowest BCUT2D eigenvalue weighted by atomic mass is 10.2. The number of rotatable bonds is 5. The van der Waals surface area contributed by atoms with Gasteiger partial charge in [-0.25, -0.2) is 8.42 Å². The summed E-state index contributed by atoms with van der Waals surface area (Å²) < 4.78 is 23.6. The van der Waals surface area contributed by atoms with Crippen LogP contribution in [0.1, 0.15) is 12.5 Å². The molecular formula is C11H14Cl2O3S. The highest BCUT2D eigenvalue weighted by molar-refractivity contribution is 7.90. The van der Waals surface area contributed by atoms with E-state index >= 15 is 0 Å². The first-order valence-corrected chi connectivity index (χ1v) is 7.67. The molecule has 0 aliphatic rings. The quantitative estimate of drug-likeness (QED) is 0.908. The molecule has 3 nitrogen and oxygen atoms in total. The fourth-order valence-corrected chi connectivity index (χ4v) is 3.70. The Hall–Kier alpha value is -0.290. The molecule has 0 radical (unpaired) electrons. The molecule has 1 unspecified atom stereocenters. The number of halogens is 2. The van der Waals surface area contributed by atoms with Gasteiger partial charge in [-0.2, -0.15) is 0 Å². The zero-order chi connectivity index (χ0) is 13.1. The fraction of sp³-hybridized carbons (Fsp3) is 0.455. The first kappa shape index (κ1) is 14.8. The summed E-state index contributed by atoms with van der Waals surface area (Å²) in [5.74, 6) is -0.499. The molecule has 1 rings (SSSR count). The van der Waals surface area contributed by atoms with Crippen LogP contribution in [0.15, 0.2) is 18.2 Å². The van der Waals surface area contributed by atoms with Crippen LogP contribution >= 0.6 is 23.2 Å². The Morgan fingerprint density at radius 2 is 2.00 bits per heavy atom. The molecule has 1 aromatic rings. The van der Waals surface area contributed by atoms with Crippen molar-refractivity contribution in [3.05, 3.63) is 33.8 Å². The first-order valence-electron chi connectivity index (χ1n) is 5.09. The van der Waals surface area contributed by atoms with Crippen LogP contribution in [0.2, 0.25) is 10.0 Å². The second-order valence-corrected chi connectivity index (χ2v) is 7.03. The van der Waals surface area contributed by atoms with Crippen molar-refractivity contribution < 1.29 is 13.5 Å². The summed E-state index contributed by atoms with van der Waals surface area (Å²) in [6, 6.07) is 4.73. The molecule has 17 heavy (non-hydrogen) atoms. The Kier molecular flexibility index (Phi) is 5.25. The molecule has 0 aliphatic carbocycles. The lowest BCUT2D eigenvalue weighted by molar-refractivity contribution is 0.249. The third-order valence-electron chi connectivity index (χ3n) is 2.23. The molecule has 0 saturated heterocycles. The summed E-state index contributed by atoms with van der Waals surface area (Å²) in [4.78, 5) is 0. The highest BCUT2D eigenvalue weighted by Crippen LogP contribution is 2.23. The second kappa shape index (κ2) is 6.05. The minimum Gasteiger partial charge on any atom is -0.396 e. The highest BCUT2D eigenvalue weighted by atomic mass is 35.5. The van der Waals surface area contributed by atoms with Crippen LogP contribution in [-0.4, -0.2) is 25.9 Å². The zero-order valence-electron chi connectivity index (χ0n) is 9.36. The Balaban J connectivity index is 2.86. The predicted molar refractivity (Wildman–Crippen MR) is 70.2 cm³/mol. The summed E-state index contributed by atoms with van der Waals surface area (Å²) in [6.07, 6.45) is 0. The average Bonchev–Trinajstić information content (AvgIpc) is 2.22. The predicted octanol–water partition coefficient (Wildman–Crippen LogP) is 2.54. The van der Waals surface area contributed by atoms with Crippen molar-refractivity contribution in [2.24, 2.45) is 5.92 Å². The van der Waals surface area contributed by atoms with Gasteiger partial charge in [-0.3, -0.25) is 0 Å². The van der Waals surface area contributed by atoms with Gasteiger partial charge in [-0.15, -0.1) is 0 Å². The van der Waals surface area contributed by atoms with Crippen molar-refractivity contribution >= 4 is 33.0 Å². The van der Waals surface area contributed by atoms with Gasteiger partial charge in [0.05, 0.1) is 11.5 Å². The molecule has 0 heterocycles. The van der Waals surface area contributed by atoms with Crippen molar-refractivity contribution in [3.63, 3.8) is 0 Å². The van der Waals surface area contributed by atoms with Crippen molar-refractivity contribution in [3.8, 4) is 0 Å². The van der Waals surface area contributed by atoms with Gasteiger partial charge in [-0.1, -0.05) is 30.1 Å². The lowest BCUT2D eigenvalue weighted by Gasteiger charge is -2.10. The van der Waals surface area contributed by atoms with Crippen LogP contribution < -0.4 is 0 Å². The molecule has 0 amide bonds. The monoisotopic (exact) mass is 296 g/mol. The van der Waals surface area contributed by atoms with Gasteiger partial charge in [-0.05, 0) is 29.7 Å². The minimum atomic E-state index is -3.29. The Morgan fingerprint density at radius 1 is 1.35 bits per heavy atom. The molecule has 1 N–H and O–H groups in total. The van der Waals surface area contributed by atoms with E-state index in [1.165, 1.54) is 0 Å².